The highest BCUT2D eigenvalue weighted by Gasteiger charge is 2.36. The highest BCUT2D eigenvalue weighted by molar-refractivity contribution is 9.10. The molecule has 2 heterocycles. The summed E-state index contributed by atoms with van der Waals surface area (Å²) in [5, 5.41) is 0. The molecule has 2 aliphatic rings. The lowest BCUT2D eigenvalue weighted by Crippen LogP contribution is -2.56. The van der Waals surface area contributed by atoms with E-state index < -0.39 is 0 Å². The van der Waals surface area contributed by atoms with Gasteiger partial charge >= 0.3 is 0 Å². The number of piperidine rings is 1. The van der Waals surface area contributed by atoms with Crippen molar-refractivity contribution in [3.63, 3.8) is 0 Å². The second-order valence-electron chi connectivity index (χ2n) is 7.08. The minimum Gasteiger partial charge on any atom is -0.482 e. The summed E-state index contributed by atoms with van der Waals surface area (Å²) in [4.78, 5) is 28.3. The zero-order chi connectivity index (χ0) is 17.5. The number of rotatable bonds is 2. The fraction of sp³-hybridized carbons (Fsp3) is 0.529. The summed E-state index contributed by atoms with van der Waals surface area (Å²) in [5.41, 5.74) is 6.65. The van der Waals surface area contributed by atoms with Crippen LogP contribution in [0.25, 0.3) is 0 Å². The summed E-state index contributed by atoms with van der Waals surface area (Å²) < 4.78 is 6.33. The molecule has 6 nitrogen and oxygen atoms in total. The highest BCUT2D eigenvalue weighted by Crippen LogP contribution is 2.35. The van der Waals surface area contributed by atoms with Crippen molar-refractivity contribution in [1.82, 2.24) is 4.90 Å². The maximum Gasteiger partial charge on any atom is 0.265 e. The monoisotopic (exact) mass is 431 g/mol. The van der Waals surface area contributed by atoms with Gasteiger partial charge in [0.25, 0.3) is 5.91 Å². The third kappa shape index (κ3) is 4.10. The predicted molar refractivity (Wildman–Crippen MR) is 102 cm³/mol. The Hall–Kier alpha value is -1.31. The smallest absolute Gasteiger partial charge is 0.265 e. The van der Waals surface area contributed by atoms with E-state index in [2.05, 4.69) is 29.8 Å². The van der Waals surface area contributed by atoms with Crippen molar-refractivity contribution in [3.8, 4) is 5.75 Å². The van der Waals surface area contributed by atoms with Gasteiger partial charge < -0.3 is 15.4 Å². The van der Waals surface area contributed by atoms with Gasteiger partial charge in [-0.05, 0) is 30.0 Å². The molecule has 0 bridgehead atoms. The molecule has 1 fully saturated rings. The van der Waals surface area contributed by atoms with Gasteiger partial charge in [0.1, 0.15) is 12.3 Å². The number of hydrogen-bond acceptors (Lipinski definition) is 4. The molecule has 25 heavy (non-hydrogen) atoms. The largest absolute Gasteiger partial charge is 0.482 e. The molecule has 1 aromatic rings. The summed E-state index contributed by atoms with van der Waals surface area (Å²) in [6.07, 6.45) is 0.777. The number of carbonyl (C=O) groups is 2. The Morgan fingerprint density at radius 2 is 2.16 bits per heavy atom. The van der Waals surface area contributed by atoms with E-state index in [9.17, 15) is 9.59 Å². The minimum absolute atomic E-state index is 0. The fourth-order valence-corrected chi connectivity index (χ4v) is 3.51. The first-order valence-corrected chi connectivity index (χ1v) is 8.83. The van der Waals surface area contributed by atoms with Crippen molar-refractivity contribution >= 4 is 45.8 Å². The number of nitrogens with zero attached hydrogens (tertiary/aromatic N) is 2. The standard InChI is InChI=1S/C17H22BrN3O3.ClH/c1-17(2)10-20(6-5-14(17)19)15(22)8-21-12-4-3-11(18)7-13(12)24-9-16(21)23;/h3-4,7,14H,5-6,8-10,19H2,1-2H3;1H. The van der Waals surface area contributed by atoms with Crippen LogP contribution in [0.5, 0.6) is 5.75 Å². The molecular weight excluding hydrogens is 410 g/mol. The predicted octanol–water partition coefficient (Wildman–Crippen LogP) is 2.18. The Labute approximate surface area is 162 Å². The second kappa shape index (κ2) is 7.51. The molecule has 0 radical (unpaired) electrons. The Morgan fingerprint density at radius 1 is 1.44 bits per heavy atom. The number of nitrogens with two attached hydrogens (primary N) is 1. The lowest BCUT2D eigenvalue weighted by molar-refractivity contribution is -0.134. The maximum absolute atomic E-state index is 12.7. The van der Waals surface area contributed by atoms with Crippen LogP contribution in [0.2, 0.25) is 0 Å². The summed E-state index contributed by atoms with van der Waals surface area (Å²) in [6.45, 7) is 5.37. The molecule has 1 aromatic carbocycles. The molecule has 3 rings (SSSR count). The molecule has 0 saturated carbocycles. The van der Waals surface area contributed by atoms with Crippen molar-refractivity contribution < 1.29 is 14.3 Å². The Morgan fingerprint density at radius 3 is 2.84 bits per heavy atom. The minimum atomic E-state index is -0.203. The van der Waals surface area contributed by atoms with Crippen molar-refractivity contribution in [2.45, 2.75) is 26.3 Å². The average Bonchev–Trinajstić information content (AvgIpc) is 2.52. The van der Waals surface area contributed by atoms with Gasteiger partial charge in [-0.15, -0.1) is 12.4 Å². The number of anilines is 1. The molecule has 2 amide bonds. The van der Waals surface area contributed by atoms with Crippen LogP contribution in [-0.4, -0.2) is 49.0 Å². The first-order valence-electron chi connectivity index (χ1n) is 8.04. The van der Waals surface area contributed by atoms with Crippen LogP contribution in [0.4, 0.5) is 5.69 Å². The summed E-state index contributed by atoms with van der Waals surface area (Å²) in [5.74, 6) is 0.350. The average molecular weight is 433 g/mol. The Bertz CT molecular complexity index is 683. The number of ether oxygens (including phenoxy) is 1. The van der Waals surface area contributed by atoms with Crippen molar-refractivity contribution in [3.05, 3.63) is 22.7 Å². The molecule has 2 N–H and O–H groups in total. The van der Waals surface area contributed by atoms with Crippen LogP contribution in [0.1, 0.15) is 20.3 Å². The molecule has 8 heteroatoms. The second-order valence-corrected chi connectivity index (χ2v) is 8.00. The zero-order valence-corrected chi connectivity index (χ0v) is 16.7. The van der Waals surface area contributed by atoms with E-state index in [1.807, 2.05) is 17.0 Å². The van der Waals surface area contributed by atoms with Gasteiger partial charge in [-0.2, -0.15) is 0 Å². The van der Waals surface area contributed by atoms with E-state index in [4.69, 9.17) is 10.5 Å². The van der Waals surface area contributed by atoms with Gasteiger partial charge in [0.15, 0.2) is 6.61 Å². The number of likely N-dealkylation sites (tertiary alicyclic amines) is 1. The molecule has 1 atom stereocenters. The lowest BCUT2D eigenvalue weighted by atomic mass is 9.79. The van der Waals surface area contributed by atoms with Crippen LogP contribution in [0, 0.1) is 5.41 Å². The summed E-state index contributed by atoms with van der Waals surface area (Å²) in [6, 6.07) is 5.52. The van der Waals surface area contributed by atoms with Crippen molar-refractivity contribution in [2.75, 3.05) is 31.1 Å². The van der Waals surface area contributed by atoms with Gasteiger partial charge in [0.05, 0.1) is 5.69 Å². The molecular formula is C17H23BrClN3O3. The van der Waals surface area contributed by atoms with E-state index in [0.29, 0.717) is 24.5 Å². The van der Waals surface area contributed by atoms with E-state index in [1.54, 1.807) is 6.07 Å². The third-order valence-corrected chi connectivity index (χ3v) is 5.32. The van der Waals surface area contributed by atoms with Crippen molar-refractivity contribution in [2.24, 2.45) is 11.1 Å². The van der Waals surface area contributed by atoms with E-state index in [-0.39, 0.29) is 48.8 Å². The molecule has 0 aliphatic carbocycles. The number of hydrogen-bond donors (Lipinski definition) is 1. The van der Waals surface area contributed by atoms with E-state index in [1.165, 1.54) is 4.90 Å². The zero-order valence-electron chi connectivity index (χ0n) is 14.3. The van der Waals surface area contributed by atoms with Crippen LogP contribution in [0.3, 0.4) is 0 Å². The number of carbonyl (C=O) groups excluding carboxylic acids is 2. The van der Waals surface area contributed by atoms with E-state index in [0.717, 1.165) is 10.9 Å². The number of amides is 2. The van der Waals surface area contributed by atoms with Gasteiger partial charge in [0.2, 0.25) is 5.91 Å². The first-order chi connectivity index (χ1) is 11.3. The number of fused-ring (bicyclic) bond motifs is 1. The molecule has 2 aliphatic heterocycles. The van der Waals surface area contributed by atoms with Crippen molar-refractivity contribution in [1.29, 1.82) is 0 Å². The topological polar surface area (TPSA) is 75.9 Å². The normalized spacial score (nSPS) is 21.9. The Balaban J connectivity index is 0.00000225. The molecule has 138 valence electrons. The van der Waals surface area contributed by atoms with Gasteiger partial charge in [-0.3, -0.25) is 14.5 Å². The van der Waals surface area contributed by atoms with Gasteiger partial charge in [-0.1, -0.05) is 29.8 Å². The molecule has 0 aromatic heterocycles. The fourth-order valence-electron chi connectivity index (χ4n) is 3.17. The maximum atomic E-state index is 12.7. The van der Waals surface area contributed by atoms with E-state index >= 15 is 0 Å². The summed E-state index contributed by atoms with van der Waals surface area (Å²) in [7, 11) is 0. The SMILES string of the molecule is CC1(C)CN(C(=O)CN2C(=O)COc3cc(Br)ccc32)CCC1N.Cl. The summed E-state index contributed by atoms with van der Waals surface area (Å²) >= 11 is 3.39. The van der Waals surface area contributed by atoms with Crippen LogP contribution in [-0.2, 0) is 9.59 Å². The first kappa shape index (κ1) is 20.0. The molecule has 1 unspecified atom stereocenters. The third-order valence-electron chi connectivity index (χ3n) is 4.82. The highest BCUT2D eigenvalue weighted by atomic mass is 79.9. The molecule has 0 spiro atoms. The number of halogens is 2. The van der Waals surface area contributed by atoms with Gasteiger partial charge in [-0.25, -0.2) is 0 Å². The van der Waals surface area contributed by atoms with Crippen LogP contribution in [0.15, 0.2) is 22.7 Å². The van der Waals surface area contributed by atoms with Gasteiger partial charge in [0, 0.05) is 23.6 Å². The lowest BCUT2D eigenvalue weighted by Gasteiger charge is -2.43. The molecule has 1 saturated heterocycles. The quantitative estimate of drug-likeness (QED) is 0.777. The Kier molecular flexibility index (Phi) is 6.01. The van der Waals surface area contributed by atoms with Crippen LogP contribution >= 0.6 is 28.3 Å². The van der Waals surface area contributed by atoms with Crippen LogP contribution < -0.4 is 15.4 Å². The number of benzene rings is 1.